The average Bonchev–Trinajstić information content (AvgIpc) is 2.35. The smallest absolute Gasteiger partial charge is 0.161 e. The molecule has 4 nitrogen and oxygen atoms in total. The first-order valence-electron chi connectivity index (χ1n) is 5.61. The van der Waals surface area contributed by atoms with E-state index in [0.717, 1.165) is 18.0 Å². The Kier molecular flexibility index (Phi) is 3.64. The summed E-state index contributed by atoms with van der Waals surface area (Å²) in [4.78, 5) is 0. The van der Waals surface area contributed by atoms with Crippen LogP contribution >= 0.6 is 0 Å². The molecule has 0 aromatic heterocycles. The summed E-state index contributed by atoms with van der Waals surface area (Å²) in [6, 6.07) is 8.04. The fourth-order valence-corrected chi connectivity index (χ4v) is 1.58. The maximum absolute atomic E-state index is 5.80. The molecule has 2 atom stereocenters. The van der Waals surface area contributed by atoms with Gasteiger partial charge in [-0.3, -0.25) is 0 Å². The van der Waals surface area contributed by atoms with Crippen molar-refractivity contribution in [3.05, 3.63) is 24.3 Å². The van der Waals surface area contributed by atoms with E-state index in [2.05, 4.69) is 12.2 Å². The standard InChI is InChI=1S/C12H18N2O2/c1-9(6-13)14-7-10-8-15-11-4-2-3-5-12(11)16-10/h2-5,9-10,14H,6-8,13H2,1H3/t9-,10?/m0/s1. The Bertz CT molecular complexity index is 344. The van der Waals surface area contributed by atoms with Crippen LogP contribution in [0.25, 0.3) is 0 Å². The van der Waals surface area contributed by atoms with Crippen LogP contribution < -0.4 is 20.5 Å². The molecule has 4 heteroatoms. The van der Waals surface area contributed by atoms with Gasteiger partial charge in [-0.15, -0.1) is 0 Å². The summed E-state index contributed by atoms with van der Waals surface area (Å²) < 4.78 is 11.4. The fraction of sp³-hybridized carbons (Fsp3) is 0.500. The maximum atomic E-state index is 5.80. The molecule has 1 aliphatic heterocycles. The monoisotopic (exact) mass is 222 g/mol. The van der Waals surface area contributed by atoms with Crippen molar-refractivity contribution in [2.75, 3.05) is 19.7 Å². The Morgan fingerprint density at radius 2 is 2.19 bits per heavy atom. The Labute approximate surface area is 95.7 Å². The summed E-state index contributed by atoms with van der Waals surface area (Å²) in [6.07, 6.45) is 0.0592. The Hall–Kier alpha value is -1.26. The van der Waals surface area contributed by atoms with Crippen LogP contribution in [0.2, 0.25) is 0 Å². The minimum atomic E-state index is 0.0592. The van der Waals surface area contributed by atoms with Crippen LogP contribution in [0.15, 0.2) is 24.3 Å². The molecule has 0 amide bonds. The van der Waals surface area contributed by atoms with E-state index in [1.165, 1.54) is 0 Å². The van der Waals surface area contributed by atoms with Gasteiger partial charge < -0.3 is 20.5 Å². The maximum Gasteiger partial charge on any atom is 0.161 e. The zero-order chi connectivity index (χ0) is 11.4. The van der Waals surface area contributed by atoms with Crippen LogP contribution in [0, 0.1) is 0 Å². The first kappa shape index (κ1) is 11.2. The number of hydrogen-bond donors (Lipinski definition) is 2. The molecule has 0 radical (unpaired) electrons. The van der Waals surface area contributed by atoms with Crippen molar-refractivity contribution in [1.29, 1.82) is 0 Å². The van der Waals surface area contributed by atoms with E-state index in [1.807, 2.05) is 24.3 Å². The van der Waals surface area contributed by atoms with Crippen molar-refractivity contribution in [3.63, 3.8) is 0 Å². The molecule has 2 rings (SSSR count). The molecule has 1 heterocycles. The number of benzene rings is 1. The van der Waals surface area contributed by atoms with E-state index >= 15 is 0 Å². The summed E-state index contributed by atoms with van der Waals surface area (Å²) in [5.74, 6) is 1.64. The van der Waals surface area contributed by atoms with Gasteiger partial charge in [0.15, 0.2) is 11.5 Å². The van der Waals surface area contributed by atoms with E-state index in [4.69, 9.17) is 15.2 Å². The van der Waals surface area contributed by atoms with E-state index in [0.29, 0.717) is 19.2 Å². The van der Waals surface area contributed by atoms with E-state index in [-0.39, 0.29) is 6.10 Å². The number of rotatable bonds is 4. The summed E-state index contributed by atoms with van der Waals surface area (Å²) in [6.45, 7) is 4.02. The Morgan fingerprint density at radius 3 is 2.94 bits per heavy atom. The molecule has 0 saturated heterocycles. The van der Waals surface area contributed by atoms with Crippen molar-refractivity contribution in [3.8, 4) is 11.5 Å². The normalized spacial score (nSPS) is 20.5. The third-order valence-electron chi connectivity index (χ3n) is 2.62. The number of ether oxygens (including phenoxy) is 2. The van der Waals surface area contributed by atoms with E-state index in [1.54, 1.807) is 0 Å². The molecule has 1 aromatic rings. The highest BCUT2D eigenvalue weighted by Crippen LogP contribution is 2.30. The lowest BCUT2D eigenvalue weighted by atomic mass is 10.2. The molecule has 0 bridgehead atoms. The van der Waals surface area contributed by atoms with Crippen LogP contribution in [-0.4, -0.2) is 31.8 Å². The minimum absolute atomic E-state index is 0.0592. The molecule has 1 aliphatic rings. The Morgan fingerprint density at radius 1 is 1.44 bits per heavy atom. The molecule has 0 saturated carbocycles. The lowest BCUT2D eigenvalue weighted by Gasteiger charge is -2.27. The van der Waals surface area contributed by atoms with Crippen LogP contribution in [0.4, 0.5) is 0 Å². The van der Waals surface area contributed by atoms with Gasteiger partial charge >= 0.3 is 0 Å². The molecule has 88 valence electrons. The highest BCUT2D eigenvalue weighted by atomic mass is 16.6. The van der Waals surface area contributed by atoms with Crippen LogP contribution in [-0.2, 0) is 0 Å². The van der Waals surface area contributed by atoms with Crippen LogP contribution in [0.5, 0.6) is 11.5 Å². The summed E-state index contributed by atoms with van der Waals surface area (Å²) in [5.41, 5.74) is 5.53. The average molecular weight is 222 g/mol. The number of hydrogen-bond acceptors (Lipinski definition) is 4. The van der Waals surface area contributed by atoms with Gasteiger partial charge in [-0.2, -0.15) is 0 Å². The largest absolute Gasteiger partial charge is 0.486 e. The second-order valence-corrected chi connectivity index (χ2v) is 4.04. The van der Waals surface area contributed by atoms with Crippen molar-refractivity contribution in [2.45, 2.75) is 19.1 Å². The number of fused-ring (bicyclic) bond motifs is 1. The predicted molar refractivity (Wildman–Crippen MR) is 62.9 cm³/mol. The minimum Gasteiger partial charge on any atom is -0.486 e. The molecular formula is C12H18N2O2. The predicted octanol–water partition coefficient (Wildman–Crippen LogP) is 0.763. The highest BCUT2D eigenvalue weighted by molar-refractivity contribution is 5.40. The number of para-hydroxylation sites is 2. The third-order valence-corrected chi connectivity index (χ3v) is 2.62. The zero-order valence-electron chi connectivity index (χ0n) is 9.48. The third kappa shape index (κ3) is 2.65. The van der Waals surface area contributed by atoms with E-state index < -0.39 is 0 Å². The van der Waals surface area contributed by atoms with Gasteiger partial charge in [0.2, 0.25) is 0 Å². The SMILES string of the molecule is C[C@@H](CN)NCC1COc2ccccc2O1. The second-order valence-electron chi connectivity index (χ2n) is 4.04. The first-order valence-corrected chi connectivity index (χ1v) is 5.61. The van der Waals surface area contributed by atoms with Gasteiger partial charge in [0.1, 0.15) is 12.7 Å². The summed E-state index contributed by atoms with van der Waals surface area (Å²) >= 11 is 0. The number of nitrogens with two attached hydrogens (primary N) is 1. The van der Waals surface area contributed by atoms with Gasteiger partial charge in [-0.05, 0) is 19.1 Å². The van der Waals surface area contributed by atoms with Crippen molar-refractivity contribution in [1.82, 2.24) is 5.32 Å². The first-order chi connectivity index (χ1) is 7.79. The lowest BCUT2D eigenvalue weighted by molar-refractivity contribution is 0.0888. The van der Waals surface area contributed by atoms with Gasteiger partial charge in [0.25, 0.3) is 0 Å². The molecule has 0 spiro atoms. The van der Waals surface area contributed by atoms with Crippen molar-refractivity contribution >= 4 is 0 Å². The Balaban J connectivity index is 1.88. The van der Waals surface area contributed by atoms with Crippen molar-refractivity contribution < 1.29 is 9.47 Å². The van der Waals surface area contributed by atoms with Gasteiger partial charge in [-0.1, -0.05) is 12.1 Å². The van der Waals surface area contributed by atoms with E-state index in [9.17, 15) is 0 Å². The zero-order valence-corrected chi connectivity index (χ0v) is 9.48. The lowest BCUT2D eigenvalue weighted by Crippen LogP contribution is -2.43. The van der Waals surface area contributed by atoms with Gasteiger partial charge in [0.05, 0.1) is 0 Å². The molecular weight excluding hydrogens is 204 g/mol. The van der Waals surface area contributed by atoms with Gasteiger partial charge in [-0.25, -0.2) is 0 Å². The molecule has 1 unspecified atom stereocenters. The van der Waals surface area contributed by atoms with Gasteiger partial charge in [0, 0.05) is 19.1 Å². The molecule has 0 fully saturated rings. The van der Waals surface area contributed by atoms with Crippen LogP contribution in [0.1, 0.15) is 6.92 Å². The number of nitrogens with one attached hydrogen (secondary N) is 1. The topological polar surface area (TPSA) is 56.5 Å². The quantitative estimate of drug-likeness (QED) is 0.790. The summed E-state index contributed by atoms with van der Waals surface area (Å²) in [7, 11) is 0. The summed E-state index contributed by atoms with van der Waals surface area (Å²) in [5, 5.41) is 3.30. The fourth-order valence-electron chi connectivity index (χ4n) is 1.58. The molecule has 0 aliphatic carbocycles. The molecule has 16 heavy (non-hydrogen) atoms. The molecule has 3 N–H and O–H groups in total. The van der Waals surface area contributed by atoms with Crippen LogP contribution in [0.3, 0.4) is 0 Å². The second kappa shape index (κ2) is 5.18. The highest BCUT2D eigenvalue weighted by Gasteiger charge is 2.20. The molecule has 1 aromatic carbocycles. The van der Waals surface area contributed by atoms with Crippen molar-refractivity contribution in [2.24, 2.45) is 5.73 Å².